The van der Waals surface area contributed by atoms with Crippen molar-refractivity contribution in [1.29, 1.82) is 0 Å². The number of hydrogen-bond donors (Lipinski definition) is 2. The lowest BCUT2D eigenvalue weighted by molar-refractivity contribution is -0.115. The van der Waals surface area contributed by atoms with Gasteiger partial charge in [-0.3, -0.25) is 4.79 Å². The number of hydrogen-bond acceptors (Lipinski definition) is 7. The summed E-state index contributed by atoms with van der Waals surface area (Å²) in [7, 11) is 0. The van der Waals surface area contributed by atoms with Gasteiger partial charge in [-0.2, -0.15) is 0 Å². The summed E-state index contributed by atoms with van der Waals surface area (Å²) >= 11 is 3.06. The first-order valence-electron chi connectivity index (χ1n) is 8.65. The van der Waals surface area contributed by atoms with Crippen molar-refractivity contribution in [3.63, 3.8) is 0 Å². The summed E-state index contributed by atoms with van der Waals surface area (Å²) in [5.74, 6) is 2.05. The van der Waals surface area contributed by atoms with Gasteiger partial charge >= 0.3 is 0 Å². The molecule has 27 heavy (non-hydrogen) atoms. The van der Waals surface area contributed by atoms with Crippen LogP contribution >= 0.6 is 35.1 Å². The minimum atomic E-state index is -0.0938. The summed E-state index contributed by atoms with van der Waals surface area (Å²) in [4.78, 5) is 22.4. The molecule has 4 rings (SSSR count). The number of halogens is 1. The average Bonchev–Trinajstić information content (AvgIpc) is 3.37. The molecule has 1 aliphatic rings. The Labute approximate surface area is 171 Å². The van der Waals surface area contributed by atoms with Crippen LogP contribution in [0.3, 0.4) is 0 Å². The monoisotopic (exact) mass is 424 g/mol. The molecule has 0 aliphatic carbocycles. The van der Waals surface area contributed by atoms with Crippen molar-refractivity contribution in [2.24, 2.45) is 0 Å². The Kier molecular flexibility index (Phi) is 6.64. The van der Waals surface area contributed by atoms with Gasteiger partial charge in [0, 0.05) is 16.5 Å². The minimum absolute atomic E-state index is 0. The molecule has 0 atom stereocenters. The molecule has 3 aromatic heterocycles. The van der Waals surface area contributed by atoms with Gasteiger partial charge in [-0.1, -0.05) is 0 Å². The van der Waals surface area contributed by atoms with Gasteiger partial charge in [0.2, 0.25) is 5.91 Å². The molecule has 0 aromatic carbocycles. The second-order valence-corrected chi connectivity index (χ2v) is 8.29. The van der Waals surface area contributed by atoms with Crippen LogP contribution in [0.2, 0.25) is 0 Å². The molecule has 3 aromatic rings. The van der Waals surface area contributed by atoms with Gasteiger partial charge < -0.3 is 15.1 Å². The van der Waals surface area contributed by atoms with E-state index in [0.29, 0.717) is 11.0 Å². The Morgan fingerprint density at radius 3 is 2.93 bits per heavy atom. The predicted molar refractivity (Wildman–Crippen MR) is 111 cm³/mol. The number of rotatable bonds is 5. The number of anilines is 1. The lowest BCUT2D eigenvalue weighted by atomic mass is 9.97. The predicted octanol–water partition coefficient (Wildman–Crippen LogP) is 4.24. The molecule has 9 heteroatoms. The van der Waals surface area contributed by atoms with E-state index in [-0.39, 0.29) is 24.7 Å². The molecule has 4 heterocycles. The lowest BCUT2D eigenvalue weighted by Gasteiger charge is -2.20. The highest BCUT2D eigenvalue weighted by Crippen LogP contribution is 2.32. The number of thiazole rings is 2. The molecular formula is C18H21ClN4O2S2. The molecule has 1 aliphatic heterocycles. The molecule has 0 radical (unpaired) electrons. The minimum Gasteiger partial charge on any atom is -0.459 e. The summed E-state index contributed by atoms with van der Waals surface area (Å²) in [6, 6.07) is 3.81. The van der Waals surface area contributed by atoms with Gasteiger partial charge in [0.05, 0.1) is 12.1 Å². The fraction of sp³-hybridized carbons (Fsp3) is 0.389. The van der Waals surface area contributed by atoms with Crippen molar-refractivity contribution in [3.8, 4) is 10.8 Å². The van der Waals surface area contributed by atoms with Crippen molar-refractivity contribution in [3.05, 3.63) is 40.0 Å². The summed E-state index contributed by atoms with van der Waals surface area (Å²) in [5, 5.41) is 9.62. The number of amides is 1. The summed E-state index contributed by atoms with van der Waals surface area (Å²) in [6.07, 6.45) is 4.39. The molecule has 0 saturated carbocycles. The number of aromatic nitrogens is 2. The molecule has 0 spiro atoms. The number of nitrogens with zero attached hydrogens (tertiary/aromatic N) is 2. The van der Waals surface area contributed by atoms with Gasteiger partial charge in [-0.25, -0.2) is 9.97 Å². The van der Waals surface area contributed by atoms with Crippen LogP contribution < -0.4 is 10.6 Å². The Hall–Kier alpha value is -1.74. The average molecular weight is 425 g/mol. The van der Waals surface area contributed by atoms with Crippen molar-refractivity contribution in [1.82, 2.24) is 15.3 Å². The van der Waals surface area contributed by atoms with E-state index in [0.717, 1.165) is 48.2 Å². The first-order valence-corrected chi connectivity index (χ1v) is 10.3. The van der Waals surface area contributed by atoms with Gasteiger partial charge in [-0.15, -0.1) is 35.1 Å². The molecule has 1 saturated heterocycles. The van der Waals surface area contributed by atoms with Crippen LogP contribution in [-0.2, 0) is 11.2 Å². The number of piperidine rings is 1. The smallest absolute Gasteiger partial charge is 0.232 e. The second-order valence-electron chi connectivity index (χ2n) is 6.37. The van der Waals surface area contributed by atoms with Crippen LogP contribution in [-0.4, -0.2) is 29.0 Å². The van der Waals surface area contributed by atoms with E-state index >= 15 is 0 Å². The highest BCUT2D eigenvalue weighted by atomic mass is 35.5. The molecule has 0 unspecified atom stereocenters. The van der Waals surface area contributed by atoms with E-state index in [1.165, 1.54) is 16.2 Å². The fourth-order valence-electron chi connectivity index (χ4n) is 3.02. The maximum absolute atomic E-state index is 12.3. The second kappa shape index (κ2) is 8.97. The Morgan fingerprint density at radius 1 is 1.37 bits per heavy atom. The molecule has 0 bridgehead atoms. The van der Waals surface area contributed by atoms with Gasteiger partial charge in [0.1, 0.15) is 5.76 Å². The third-order valence-electron chi connectivity index (χ3n) is 4.36. The van der Waals surface area contributed by atoms with Crippen molar-refractivity contribution in [2.45, 2.75) is 32.1 Å². The Balaban J connectivity index is 0.00000210. The van der Waals surface area contributed by atoms with E-state index in [1.807, 2.05) is 30.6 Å². The first kappa shape index (κ1) is 20.0. The van der Waals surface area contributed by atoms with E-state index in [9.17, 15) is 4.79 Å². The van der Waals surface area contributed by atoms with Crippen LogP contribution in [0.25, 0.3) is 10.8 Å². The van der Waals surface area contributed by atoms with E-state index in [4.69, 9.17) is 4.42 Å². The zero-order chi connectivity index (χ0) is 17.9. The zero-order valence-corrected chi connectivity index (χ0v) is 17.3. The SMILES string of the molecule is Cc1ccc(-c2nc(CC(=O)Nc3ncc(C4CCNCC4)s3)cs2)o1.Cl. The highest BCUT2D eigenvalue weighted by molar-refractivity contribution is 7.15. The van der Waals surface area contributed by atoms with Crippen LogP contribution in [0.5, 0.6) is 0 Å². The fourth-order valence-corrected chi connectivity index (χ4v) is 4.80. The van der Waals surface area contributed by atoms with Crippen LogP contribution in [0.15, 0.2) is 28.1 Å². The molecule has 1 fully saturated rings. The summed E-state index contributed by atoms with van der Waals surface area (Å²) < 4.78 is 5.58. The van der Waals surface area contributed by atoms with Gasteiger partial charge in [0.25, 0.3) is 0 Å². The van der Waals surface area contributed by atoms with Crippen LogP contribution in [0.1, 0.15) is 35.1 Å². The van der Waals surface area contributed by atoms with E-state index in [1.54, 1.807) is 11.3 Å². The van der Waals surface area contributed by atoms with Crippen molar-refractivity contribution < 1.29 is 9.21 Å². The standard InChI is InChI=1S/C18H20N4O2S2.ClH/c1-11-2-3-14(24-11)17-21-13(10-25-17)8-16(23)22-18-20-9-15(26-18)12-4-6-19-7-5-12;/h2-3,9-10,12,19H,4-8H2,1H3,(H,20,22,23);1H. The molecule has 2 N–H and O–H groups in total. The number of carbonyl (C=O) groups is 1. The molecule has 6 nitrogen and oxygen atoms in total. The quantitative estimate of drug-likeness (QED) is 0.640. The number of aryl methyl sites for hydroxylation is 1. The maximum atomic E-state index is 12.3. The first-order chi connectivity index (χ1) is 12.7. The maximum Gasteiger partial charge on any atom is 0.232 e. The van der Waals surface area contributed by atoms with Crippen LogP contribution in [0, 0.1) is 6.92 Å². The zero-order valence-electron chi connectivity index (χ0n) is 14.9. The van der Waals surface area contributed by atoms with E-state index in [2.05, 4.69) is 20.6 Å². The largest absolute Gasteiger partial charge is 0.459 e. The Bertz CT molecular complexity index is 899. The number of carbonyl (C=O) groups excluding carboxylic acids is 1. The highest BCUT2D eigenvalue weighted by Gasteiger charge is 2.18. The number of furan rings is 1. The normalized spacial score (nSPS) is 14.7. The topological polar surface area (TPSA) is 80.0 Å². The van der Waals surface area contributed by atoms with Crippen molar-refractivity contribution >= 4 is 46.1 Å². The Morgan fingerprint density at radius 2 is 2.19 bits per heavy atom. The summed E-state index contributed by atoms with van der Waals surface area (Å²) in [6.45, 7) is 3.99. The molecule has 1 amide bonds. The van der Waals surface area contributed by atoms with Crippen LogP contribution in [0.4, 0.5) is 5.13 Å². The molecule has 144 valence electrons. The van der Waals surface area contributed by atoms with E-state index < -0.39 is 0 Å². The third-order valence-corrected chi connectivity index (χ3v) is 6.34. The van der Waals surface area contributed by atoms with Crippen molar-refractivity contribution in [2.75, 3.05) is 18.4 Å². The molecular weight excluding hydrogens is 404 g/mol. The third kappa shape index (κ3) is 4.95. The lowest BCUT2D eigenvalue weighted by Crippen LogP contribution is -2.26. The van der Waals surface area contributed by atoms with Gasteiger partial charge in [0.15, 0.2) is 15.9 Å². The van der Waals surface area contributed by atoms with Gasteiger partial charge in [-0.05, 0) is 50.9 Å². The summed E-state index contributed by atoms with van der Waals surface area (Å²) in [5.41, 5.74) is 0.742. The number of nitrogens with one attached hydrogen (secondary N) is 2.